The van der Waals surface area contributed by atoms with Crippen molar-refractivity contribution >= 4 is 131 Å². The Labute approximate surface area is 861 Å². The molecule has 0 aliphatic rings. The number of hydrogen-bond acceptors (Lipinski definition) is 9. The second kappa shape index (κ2) is 37.0. The second-order valence-electron chi connectivity index (χ2n) is 37.5. The Bertz CT molecular complexity index is 9940. The smallest absolute Gasteiger partial charge is 0.237 e. The third-order valence-electron chi connectivity index (χ3n) is 28.8. The zero-order valence-electron chi connectivity index (χ0n) is 80.9. The Balaban J connectivity index is 0.000000108. The molecule has 12 aromatic heterocycles. The minimum atomic E-state index is 0.586. The van der Waals surface area contributed by atoms with Crippen LogP contribution in [-0.4, -0.2) is 72.3 Å². The van der Waals surface area contributed by atoms with E-state index < -0.39 is 0 Å². The van der Waals surface area contributed by atoms with Crippen molar-refractivity contribution in [1.29, 1.82) is 0 Å². The topological polar surface area (TPSA) is 146 Å². The van der Waals surface area contributed by atoms with Crippen LogP contribution in [0.1, 0.15) is 0 Å². The van der Waals surface area contributed by atoms with Crippen molar-refractivity contribution < 1.29 is 0 Å². The molecule has 0 fully saturated rings. The second-order valence-corrected chi connectivity index (χ2v) is 37.5. The molecule has 30 rings (SSSR count). The molecule has 0 bridgehead atoms. The van der Waals surface area contributed by atoms with Crippen LogP contribution < -0.4 is 0 Å². The number of hydrogen-bond donors (Lipinski definition) is 0. The molecule has 0 aliphatic carbocycles. The van der Waals surface area contributed by atoms with Gasteiger partial charge in [0.25, 0.3) is 0 Å². The highest BCUT2D eigenvalue weighted by Gasteiger charge is 2.28. The summed E-state index contributed by atoms with van der Waals surface area (Å²) in [5.41, 5.74) is 33.5. The summed E-state index contributed by atoms with van der Waals surface area (Å²) in [6, 6.07) is 176. The van der Waals surface area contributed by atoms with Gasteiger partial charge in [-0.25, -0.2) is 44.9 Å². The van der Waals surface area contributed by atoms with Gasteiger partial charge in [0.15, 0.2) is 11.6 Å². The predicted molar refractivity (Wildman–Crippen MR) is 614 cm³/mol. The van der Waals surface area contributed by atoms with Gasteiger partial charge in [-0.15, -0.1) is 0 Å². The predicted octanol–water partition coefficient (Wildman–Crippen LogP) is 33.2. The molecular formula is C135H87N15. The van der Waals surface area contributed by atoms with Crippen LogP contribution >= 0.6 is 0 Å². The van der Waals surface area contributed by atoms with Crippen LogP contribution in [0.25, 0.3) is 267 Å². The Kier molecular flexibility index (Phi) is 21.5. The van der Waals surface area contributed by atoms with E-state index in [1.165, 1.54) is 82.1 Å². The molecule has 0 atom stereocenters. The number of aromatic nitrogens is 15. The summed E-state index contributed by atoms with van der Waals surface area (Å²) >= 11 is 0. The van der Waals surface area contributed by atoms with Crippen LogP contribution in [0.5, 0.6) is 0 Å². The SMILES string of the molecule is c1ccc(-c2cc(-c3ccccc3)nc(-n3c4ccc(-c5cccc6c7ccccc7n(-c7ccccc7)c56)cc4c4cccnc43)n2)cc1.c1ccc(-c2cc(-n3c4ccc(-c5cccc6c7ccccc7n(-c7ccccc7)c56)cc4c4cccnc43)nc(-c3ccccc3)n2)cc1.c1ccc(-c2ncc(-n3c4ccc(-c5cccc6c7ccccc7n(-c7ccccc7)c56)cc4c4cccnc43)c(-c3ccccc3)n2)cc1. The molecule has 0 unspecified atom stereocenters. The van der Waals surface area contributed by atoms with Crippen LogP contribution in [-0.2, 0) is 0 Å². The molecule has 0 N–H and O–H groups in total. The fourth-order valence-corrected chi connectivity index (χ4v) is 22.2. The molecule has 30 aromatic rings. The lowest BCUT2D eigenvalue weighted by molar-refractivity contribution is 0.981. The molecule has 18 aromatic carbocycles. The van der Waals surface area contributed by atoms with Crippen LogP contribution in [0.15, 0.2) is 528 Å². The highest BCUT2D eigenvalue weighted by molar-refractivity contribution is 6.20. The Hall–Kier alpha value is -20.6. The monoisotopic (exact) mass is 1920 g/mol. The first-order valence-electron chi connectivity index (χ1n) is 50.4. The van der Waals surface area contributed by atoms with Crippen molar-refractivity contribution in [3.05, 3.63) is 528 Å². The first-order chi connectivity index (χ1) is 74.5. The average molecular weight is 1920 g/mol. The molecule has 0 amide bonds. The number of para-hydroxylation sites is 9. The molecule has 0 saturated heterocycles. The maximum atomic E-state index is 5.18. The number of nitrogens with zero attached hydrogens (tertiary/aromatic N) is 15. The van der Waals surface area contributed by atoms with Gasteiger partial charge >= 0.3 is 0 Å². The van der Waals surface area contributed by atoms with E-state index in [0.29, 0.717) is 17.6 Å². The minimum Gasteiger partial charge on any atom is -0.309 e. The average Bonchev–Trinajstić information content (AvgIpc) is 1.57. The Morgan fingerprint density at radius 1 is 0.167 bits per heavy atom. The Morgan fingerprint density at radius 3 is 0.873 bits per heavy atom. The lowest BCUT2D eigenvalue weighted by atomic mass is 10.00. The summed E-state index contributed by atoms with van der Waals surface area (Å²) in [4.78, 5) is 45.4. The van der Waals surface area contributed by atoms with Gasteiger partial charge in [-0.3, -0.25) is 13.7 Å². The van der Waals surface area contributed by atoms with Gasteiger partial charge < -0.3 is 13.7 Å². The van der Waals surface area contributed by atoms with Crippen LogP contribution in [0, 0.1) is 0 Å². The van der Waals surface area contributed by atoms with Crippen LogP contribution in [0.2, 0.25) is 0 Å². The number of benzene rings is 18. The van der Waals surface area contributed by atoms with Gasteiger partial charge in [-0.05, 0) is 150 Å². The van der Waals surface area contributed by atoms with Crippen LogP contribution in [0.4, 0.5) is 0 Å². The molecule has 150 heavy (non-hydrogen) atoms. The number of rotatable bonds is 15. The first kappa shape index (κ1) is 87.3. The summed E-state index contributed by atoms with van der Waals surface area (Å²) in [5, 5.41) is 13.9. The minimum absolute atomic E-state index is 0.586. The van der Waals surface area contributed by atoms with Gasteiger partial charge in [-0.2, -0.15) is 0 Å². The lowest BCUT2D eigenvalue weighted by Gasteiger charge is -2.14. The van der Waals surface area contributed by atoms with E-state index in [2.05, 4.69) is 404 Å². The Morgan fingerprint density at radius 2 is 0.473 bits per heavy atom. The largest absolute Gasteiger partial charge is 0.309 e. The summed E-state index contributed by atoms with van der Waals surface area (Å²) in [7, 11) is 0. The fourth-order valence-electron chi connectivity index (χ4n) is 22.2. The standard InChI is InChI=1S/3C45H29N5/c1-4-14-30(15-5-1)39-29-40(31-16-6-2-7-17-31)48-45(47-39)50-42-26-25-32(28-38(42)37-23-13-27-46-44(37)50)34-21-12-22-36-35-20-10-11-24-41(35)49(43(34)36)33-18-8-3-9-19-33;1-4-14-30(15-5-1)39-29-42(48-44(47-39)31-16-6-2-7-17-31)50-41-26-25-32(28-38(41)37-23-13-27-46-45(37)50)34-21-12-22-36-35-20-10-11-24-40(35)49(43(34)36)33-18-8-3-9-19-33;1-4-14-30(15-5-1)42-41(29-47-44(48-42)31-16-6-2-7-17-31)50-40-26-25-32(28-38(40)37-23-13-27-46-45(37)50)34-21-12-22-36-35-20-10-11-24-39(35)49(43(34)36)33-18-8-3-9-19-33/h3*1-29H. The van der Waals surface area contributed by atoms with Gasteiger partial charge in [0, 0.05) is 156 Å². The summed E-state index contributed by atoms with van der Waals surface area (Å²) in [6.07, 6.45) is 7.50. The van der Waals surface area contributed by atoms with Gasteiger partial charge in [0.1, 0.15) is 22.8 Å². The van der Waals surface area contributed by atoms with Crippen molar-refractivity contribution in [2.45, 2.75) is 0 Å². The van der Waals surface area contributed by atoms with Crippen molar-refractivity contribution in [2.24, 2.45) is 0 Å². The quantitative estimate of drug-likeness (QED) is 0.0979. The third kappa shape index (κ3) is 15.1. The summed E-state index contributed by atoms with van der Waals surface area (Å²) < 4.78 is 13.7. The van der Waals surface area contributed by atoms with Gasteiger partial charge in [-0.1, -0.05) is 364 Å². The van der Waals surface area contributed by atoms with E-state index >= 15 is 0 Å². The molecule has 15 heteroatoms. The normalized spacial score (nSPS) is 11.6. The van der Waals surface area contributed by atoms with Gasteiger partial charge in [0.05, 0.1) is 84.3 Å². The molecule has 0 aliphatic heterocycles. The highest BCUT2D eigenvalue weighted by Crippen LogP contribution is 2.48. The van der Waals surface area contributed by atoms with Gasteiger partial charge in [0.2, 0.25) is 5.95 Å². The van der Waals surface area contributed by atoms with E-state index in [1.807, 2.05) is 152 Å². The maximum Gasteiger partial charge on any atom is 0.237 e. The number of fused-ring (bicyclic) bond motifs is 18. The first-order valence-corrected chi connectivity index (χ1v) is 50.4. The van der Waals surface area contributed by atoms with Crippen molar-refractivity contribution in [3.8, 4) is 136 Å². The molecule has 15 nitrogen and oxygen atoms in total. The fraction of sp³-hybridized carbons (Fsp3) is 0. The molecule has 0 radical (unpaired) electrons. The van der Waals surface area contributed by atoms with E-state index in [1.54, 1.807) is 0 Å². The number of pyridine rings is 3. The third-order valence-corrected chi connectivity index (χ3v) is 28.8. The highest BCUT2D eigenvalue weighted by atomic mass is 15.2. The van der Waals surface area contributed by atoms with Crippen molar-refractivity contribution in [2.75, 3.05) is 0 Å². The van der Waals surface area contributed by atoms with Crippen molar-refractivity contribution in [3.63, 3.8) is 0 Å². The molecule has 12 heterocycles. The molecular weight excluding hydrogens is 1830 g/mol. The molecule has 0 saturated carbocycles. The lowest BCUT2D eigenvalue weighted by Crippen LogP contribution is -2.04. The van der Waals surface area contributed by atoms with E-state index in [9.17, 15) is 0 Å². The zero-order chi connectivity index (χ0) is 99.1. The molecule has 702 valence electrons. The van der Waals surface area contributed by atoms with Crippen LogP contribution in [0.3, 0.4) is 0 Å². The summed E-state index contributed by atoms with van der Waals surface area (Å²) in [5.74, 6) is 2.72. The summed E-state index contributed by atoms with van der Waals surface area (Å²) in [6.45, 7) is 0. The van der Waals surface area contributed by atoms with E-state index in [-0.39, 0.29) is 0 Å². The van der Waals surface area contributed by atoms with E-state index in [4.69, 9.17) is 44.9 Å². The molecule has 0 spiro atoms. The maximum absolute atomic E-state index is 5.18. The van der Waals surface area contributed by atoms with E-state index in [0.717, 1.165) is 167 Å². The van der Waals surface area contributed by atoms with Crippen molar-refractivity contribution in [1.82, 2.24) is 72.3 Å². The zero-order valence-corrected chi connectivity index (χ0v) is 80.9.